The highest BCUT2D eigenvalue weighted by molar-refractivity contribution is 5.78. The fraction of sp³-hybridized carbons (Fsp3) is 0.250. The third-order valence-electron chi connectivity index (χ3n) is 3.69. The van der Waals surface area contributed by atoms with Crippen LogP contribution in [-0.4, -0.2) is 22.5 Å². The van der Waals surface area contributed by atoms with Crippen molar-refractivity contribution in [1.29, 1.82) is 0 Å². The number of nitrogens with zero attached hydrogens (tertiary/aromatic N) is 2. The normalized spacial score (nSPS) is 13.8. The Bertz CT molecular complexity index is 740. The highest BCUT2D eigenvalue weighted by Crippen LogP contribution is 2.30. The van der Waals surface area contributed by atoms with Gasteiger partial charge in [0.2, 0.25) is 5.91 Å². The Kier molecular flexibility index (Phi) is 3.75. The molecule has 0 saturated carbocycles. The van der Waals surface area contributed by atoms with Crippen molar-refractivity contribution in [2.24, 2.45) is 0 Å². The number of hydrogen-bond acceptors (Lipinski definition) is 3. The first-order valence-corrected chi connectivity index (χ1v) is 6.91. The Morgan fingerprint density at radius 1 is 1.41 bits per heavy atom. The van der Waals surface area contributed by atoms with Gasteiger partial charge >= 0.3 is 0 Å². The predicted molar refractivity (Wildman–Crippen MR) is 75.8 cm³/mol. The van der Waals surface area contributed by atoms with Gasteiger partial charge in [-0.25, -0.2) is 8.78 Å². The van der Waals surface area contributed by atoms with Crippen molar-refractivity contribution in [1.82, 2.24) is 10.1 Å². The SMILES string of the molecule is C=CCC(=O)N1CCc2onc(-c3ccc(F)c(F)c3)c2C1. The molecule has 1 aromatic heterocycles. The summed E-state index contributed by atoms with van der Waals surface area (Å²) in [6.07, 6.45) is 2.37. The molecule has 0 unspecified atom stereocenters. The van der Waals surface area contributed by atoms with Gasteiger partial charge in [-0.3, -0.25) is 4.79 Å². The molecule has 0 saturated heterocycles. The largest absolute Gasteiger partial charge is 0.360 e. The van der Waals surface area contributed by atoms with E-state index in [0.29, 0.717) is 36.5 Å². The first-order valence-electron chi connectivity index (χ1n) is 6.91. The van der Waals surface area contributed by atoms with Crippen molar-refractivity contribution in [3.05, 3.63) is 53.8 Å². The molecule has 114 valence electrons. The van der Waals surface area contributed by atoms with Crippen molar-refractivity contribution in [2.45, 2.75) is 19.4 Å². The third-order valence-corrected chi connectivity index (χ3v) is 3.69. The van der Waals surface area contributed by atoms with E-state index in [-0.39, 0.29) is 12.3 Å². The van der Waals surface area contributed by atoms with Gasteiger partial charge in [0.1, 0.15) is 11.5 Å². The van der Waals surface area contributed by atoms with E-state index in [0.717, 1.165) is 17.7 Å². The quantitative estimate of drug-likeness (QED) is 0.819. The number of hydrogen-bond donors (Lipinski definition) is 0. The smallest absolute Gasteiger partial charge is 0.226 e. The summed E-state index contributed by atoms with van der Waals surface area (Å²) in [6.45, 7) is 4.45. The molecule has 1 aliphatic rings. The van der Waals surface area contributed by atoms with E-state index in [1.165, 1.54) is 6.07 Å². The zero-order chi connectivity index (χ0) is 15.7. The van der Waals surface area contributed by atoms with E-state index in [2.05, 4.69) is 11.7 Å². The first-order chi connectivity index (χ1) is 10.6. The molecule has 6 heteroatoms. The van der Waals surface area contributed by atoms with Gasteiger partial charge in [0, 0.05) is 30.5 Å². The van der Waals surface area contributed by atoms with Gasteiger partial charge < -0.3 is 9.42 Å². The molecule has 1 aliphatic heterocycles. The summed E-state index contributed by atoms with van der Waals surface area (Å²) in [5.74, 6) is -1.20. The van der Waals surface area contributed by atoms with Crippen LogP contribution in [0.4, 0.5) is 8.78 Å². The summed E-state index contributed by atoms with van der Waals surface area (Å²) in [5, 5.41) is 3.96. The first kappa shape index (κ1) is 14.4. The van der Waals surface area contributed by atoms with E-state index < -0.39 is 11.6 Å². The van der Waals surface area contributed by atoms with E-state index >= 15 is 0 Å². The van der Waals surface area contributed by atoms with Crippen molar-refractivity contribution in [2.75, 3.05) is 6.54 Å². The van der Waals surface area contributed by atoms with Gasteiger partial charge in [-0.15, -0.1) is 6.58 Å². The van der Waals surface area contributed by atoms with Gasteiger partial charge in [-0.1, -0.05) is 11.2 Å². The molecule has 2 heterocycles. The summed E-state index contributed by atoms with van der Waals surface area (Å²) in [5.41, 5.74) is 1.63. The molecule has 22 heavy (non-hydrogen) atoms. The third kappa shape index (κ3) is 2.52. The van der Waals surface area contributed by atoms with Crippen LogP contribution in [0, 0.1) is 11.6 Å². The topological polar surface area (TPSA) is 46.3 Å². The lowest BCUT2D eigenvalue weighted by molar-refractivity contribution is -0.131. The molecular formula is C16H14F2N2O2. The van der Waals surface area contributed by atoms with E-state index in [4.69, 9.17) is 4.52 Å². The fourth-order valence-electron chi connectivity index (χ4n) is 2.54. The number of halogens is 2. The monoisotopic (exact) mass is 304 g/mol. The highest BCUT2D eigenvalue weighted by atomic mass is 19.2. The van der Waals surface area contributed by atoms with Crippen LogP contribution >= 0.6 is 0 Å². The molecule has 2 aromatic rings. The summed E-state index contributed by atoms with van der Waals surface area (Å²) in [4.78, 5) is 13.7. The van der Waals surface area contributed by atoms with E-state index in [1.807, 2.05) is 0 Å². The van der Waals surface area contributed by atoms with Crippen molar-refractivity contribution in [3.63, 3.8) is 0 Å². The molecule has 0 aliphatic carbocycles. The van der Waals surface area contributed by atoms with Crippen molar-refractivity contribution in [3.8, 4) is 11.3 Å². The number of rotatable bonds is 3. The molecule has 0 atom stereocenters. The average Bonchev–Trinajstić information content (AvgIpc) is 2.93. The number of benzene rings is 1. The Morgan fingerprint density at radius 2 is 2.23 bits per heavy atom. The minimum atomic E-state index is -0.940. The second-order valence-electron chi connectivity index (χ2n) is 5.12. The minimum Gasteiger partial charge on any atom is -0.360 e. The summed E-state index contributed by atoms with van der Waals surface area (Å²) < 4.78 is 31.7. The van der Waals surface area contributed by atoms with Crippen molar-refractivity contribution < 1.29 is 18.1 Å². The van der Waals surface area contributed by atoms with Crippen LogP contribution in [0.2, 0.25) is 0 Å². The lowest BCUT2D eigenvalue weighted by atomic mass is 10.0. The molecule has 0 N–H and O–H groups in total. The molecule has 0 radical (unpaired) electrons. The highest BCUT2D eigenvalue weighted by Gasteiger charge is 2.27. The lowest BCUT2D eigenvalue weighted by Crippen LogP contribution is -2.35. The van der Waals surface area contributed by atoms with Crippen molar-refractivity contribution >= 4 is 5.91 Å². The van der Waals surface area contributed by atoms with Crippen LogP contribution in [0.3, 0.4) is 0 Å². The molecule has 0 fully saturated rings. The van der Waals surface area contributed by atoms with Gasteiger partial charge in [-0.2, -0.15) is 0 Å². The summed E-state index contributed by atoms with van der Waals surface area (Å²) in [7, 11) is 0. The standard InChI is InChI=1S/C16H14F2N2O2/c1-2-3-15(21)20-7-6-14-11(9-20)16(19-22-14)10-4-5-12(17)13(18)8-10/h2,4-5,8H,1,3,6-7,9H2. The number of aromatic nitrogens is 1. The Hall–Kier alpha value is -2.50. The van der Waals surface area contributed by atoms with Gasteiger partial charge in [0.15, 0.2) is 11.6 Å². The van der Waals surface area contributed by atoms with E-state index in [1.54, 1.807) is 11.0 Å². The maximum Gasteiger partial charge on any atom is 0.226 e. The fourth-order valence-corrected chi connectivity index (χ4v) is 2.54. The van der Waals surface area contributed by atoms with Crippen LogP contribution in [0.5, 0.6) is 0 Å². The maximum atomic E-state index is 13.4. The number of fused-ring (bicyclic) bond motifs is 1. The second-order valence-corrected chi connectivity index (χ2v) is 5.12. The summed E-state index contributed by atoms with van der Waals surface area (Å²) in [6, 6.07) is 3.58. The van der Waals surface area contributed by atoms with Crippen LogP contribution < -0.4 is 0 Å². The molecule has 1 amide bonds. The van der Waals surface area contributed by atoms with Gasteiger partial charge in [-0.05, 0) is 18.2 Å². The lowest BCUT2D eigenvalue weighted by Gasteiger charge is -2.26. The van der Waals surface area contributed by atoms with Gasteiger partial charge in [0.25, 0.3) is 0 Å². The van der Waals surface area contributed by atoms with E-state index in [9.17, 15) is 13.6 Å². The van der Waals surface area contributed by atoms with Crippen LogP contribution in [0.25, 0.3) is 11.3 Å². The number of carbonyl (C=O) groups excluding carboxylic acids is 1. The maximum absolute atomic E-state index is 13.4. The van der Waals surface area contributed by atoms with Crippen LogP contribution in [0.1, 0.15) is 17.7 Å². The predicted octanol–water partition coefficient (Wildman–Crippen LogP) is 3.08. The number of carbonyl (C=O) groups is 1. The van der Waals surface area contributed by atoms with Crippen LogP contribution in [0.15, 0.2) is 35.4 Å². The average molecular weight is 304 g/mol. The minimum absolute atomic E-state index is 0.0295. The zero-order valence-electron chi connectivity index (χ0n) is 11.8. The van der Waals surface area contributed by atoms with Gasteiger partial charge in [0.05, 0.1) is 6.54 Å². The number of amides is 1. The molecule has 1 aromatic carbocycles. The Labute approximate surface area is 126 Å². The molecular weight excluding hydrogens is 290 g/mol. The van der Waals surface area contributed by atoms with Crippen LogP contribution in [-0.2, 0) is 17.8 Å². The zero-order valence-corrected chi connectivity index (χ0v) is 11.8. The molecule has 0 spiro atoms. The molecule has 0 bridgehead atoms. The second kappa shape index (κ2) is 5.71. The summed E-state index contributed by atoms with van der Waals surface area (Å²) >= 11 is 0. The molecule has 3 rings (SSSR count). The Morgan fingerprint density at radius 3 is 2.95 bits per heavy atom. The molecule has 4 nitrogen and oxygen atoms in total. The Balaban J connectivity index is 1.93.